The highest BCUT2D eigenvalue weighted by Crippen LogP contribution is 2.16. The van der Waals surface area contributed by atoms with Gasteiger partial charge in [-0.15, -0.1) is 11.3 Å². The quantitative estimate of drug-likeness (QED) is 0.839. The molecular formula is C13H22N2OS. The van der Waals surface area contributed by atoms with Crippen molar-refractivity contribution in [3.05, 3.63) is 21.9 Å². The maximum atomic E-state index is 5.11. The number of methoxy groups -OCH3 is 1. The van der Waals surface area contributed by atoms with Gasteiger partial charge < -0.3 is 10.1 Å². The van der Waals surface area contributed by atoms with Crippen molar-refractivity contribution in [1.29, 1.82) is 0 Å². The monoisotopic (exact) mass is 254 g/mol. The molecule has 1 atom stereocenters. The molecule has 1 aromatic rings. The van der Waals surface area contributed by atoms with Crippen molar-refractivity contribution in [2.75, 3.05) is 33.4 Å². The standard InChI is InChI=1S/C13H22N2OS/c1-11-3-4-13(17-11)9-14-12-5-6-15(10-12)7-8-16-2/h3-4,12,14H,5-10H2,1-2H3/t12-/m0/s1. The Morgan fingerprint density at radius 2 is 2.41 bits per heavy atom. The molecule has 0 saturated carbocycles. The Labute approximate surface area is 108 Å². The van der Waals surface area contributed by atoms with Gasteiger partial charge in [0.15, 0.2) is 0 Å². The Hall–Kier alpha value is -0.420. The van der Waals surface area contributed by atoms with E-state index in [2.05, 4.69) is 29.3 Å². The van der Waals surface area contributed by atoms with Gasteiger partial charge in [0.25, 0.3) is 0 Å². The number of nitrogens with one attached hydrogen (secondary N) is 1. The minimum atomic E-state index is 0.647. The molecular weight excluding hydrogens is 232 g/mol. The normalized spacial score (nSPS) is 21.2. The number of thiophene rings is 1. The third-order valence-corrected chi connectivity index (χ3v) is 4.25. The Morgan fingerprint density at radius 3 is 3.12 bits per heavy atom. The van der Waals surface area contributed by atoms with Crippen LogP contribution in [0.25, 0.3) is 0 Å². The van der Waals surface area contributed by atoms with Crippen LogP contribution in [-0.2, 0) is 11.3 Å². The summed E-state index contributed by atoms with van der Waals surface area (Å²) in [5.74, 6) is 0. The van der Waals surface area contributed by atoms with Crippen LogP contribution >= 0.6 is 11.3 Å². The minimum Gasteiger partial charge on any atom is -0.383 e. The summed E-state index contributed by atoms with van der Waals surface area (Å²) in [7, 11) is 1.77. The second-order valence-electron chi connectivity index (χ2n) is 4.67. The maximum absolute atomic E-state index is 5.11. The zero-order chi connectivity index (χ0) is 12.1. The summed E-state index contributed by atoms with van der Waals surface area (Å²) in [6, 6.07) is 5.07. The molecule has 0 unspecified atom stereocenters. The van der Waals surface area contributed by atoms with Gasteiger partial charge in [0, 0.05) is 42.5 Å². The van der Waals surface area contributed by atoms with E-state index in [0.29, 0.717) is 6.04 Å². The van der Waals surface area contributed by atoms with E-state index in [1.54, 1.807) is 7.11 Å². The first-order valence-electron chi connectivity index (χ1n) is 6.28. The van der Waals surface area contributed by atoms with Crippen molar-refractivity contribution >= 4 is 11.3 Å². The molecule has 3 nitrogen and oxygen atoms in total. The van der Waals surface area contributed by atoms with E-state index in [9.17, 15) is 0 Å². The van der Waals surface area contributed by atoms with Crippen LogP contribution in [0.5, 0.6) is 0 Å². The fourth-order valence-electron chi connectivity index (χ4n) is 2.25. The van der Waals surface area contributed by atoms with E-state index in [0.717, 1.165) is 26.2 Å². The molecule has 1 N–H and O–H groups in total. The number of aryl methyl sites for hydroxylation is 1. The van der Waals surface area contributed by atoms with Crippen LogP contribution < -0.4 is 5.32 Å². The lowest BCUT2D eigenvalue weighted by Gasteiger charge is -2.15. The molecule has 2 rings (SSSR count). The highest BCUT2D eigenvalue weighted by Gasteiger charge is 2.21. The molecule has 4 heteroatoms. The van der Waals surface area contributed by atoms with Crippen LogP contribution in [0, 0.1) is 6.92 Å². The smallest absolute Gasteiger partial charge is 0.0589 e. The van der Waals surface area contributed by atoms with E-state index in [4.69, 9.17) is 4.74 Å². The highest BCUT2D eigenvalue weighted by molar-refractivity contribution is 7.11. The summed E-state index contributed by atoms with van der Waals surface area (Å²) in [5.41, 5.74) is 0. The molecule has 1 aliphatic rings. The molecule has 1 saturated heterocycles. The molecule has 1 aromatic heterocycles. The molecule has 0 radical (unpaired) electrons. The maximum Gasteiger partial charge on any atom is 0.0589 e. The first-order chi connectivity index (χ1) is 8.28. The molecule has 96 valence electrons. The number of likely N-dealkylation sites (tertiary alicyclic amines) is 1. The fourth-order valence-corrected chi connectivity index (χ4v) is 3.09. The van der Waals surface area contributed by atoms with Gasteiger partial charge in [-0.3, -0.25) is 4.90 Å². The van der Waals surface area contributed by atoms with Gasteiger partial charge in [-0.1, -0.05) is 0 Å². The third-order valence-electron chi connectivity index (χ3n) is 3.24. The zero-order valence-corrected chi connectivity index (χ0v) is 11.6. The van der Waals surface area contributed by atoms with Gasteiger partial charge >= 0.3 is 0 Å². The highest BCUT2D eigenvalue weighted by atomic mass is 32.1. The van der Waals surface area contributed by atoms with Gasteiger partial charge in [-0.2, -0.15) is 0 Å². The Bertz CT molecular complexity index is 340. The number of nitrogens with zero attached hydrogens (tertiary/aromatic N) is 1. The first-order valence-corrected chi connectivity index (χ1v) is 7.09. The van der Waals surface area contributed by atoms with Gasteiger partial charge in [0.2, 0.25) is 0 Å². The fraction of sp³-hybridized carbons (Fsp3) is 0.692. The van der Waals surface area contributed by atoms with E-state index in [1.165, 1.54) is 22.7 Å². The molecule has 17 heavy (non-hydrogen) atoms. The molecule has 0 amide bonds. The lowest BCUT2D eigenvalue weighted by Crippen LogP contribution is -2.33. The van der Waals surface area contributed by atoms with Crippen LogP contribution in [0.2, 0.25) is 0 Å². The van der Waals surface area contributed by atoms with Gasteiger partial charge in [-0.05, 0) is 32.0 Å². The number of hydrogen-bond donors (Lipinski definition) is 1. The van der Waals surface area contributed by atoms with Crippen LogP contribution in [0.3, 0.4) is 0 Å². The van der Waals surface area contributed by atoms with Crippen molar-refractivity contribution in [3.8, 4) is 0 Å². The molecule has 1 fully saturated rings. The van der Waals surface area contributed by atoms with E-state index < -0.39 is 0 Å². The Balaban J connectivity index is 1.67. The summed E-state index contributed by atoms with van der Waals surface area (Å²) in [6.45, 7) is 7.44. The molecule has 0 spiro atoms. The lowest BCUT2D eigenvalue weighted by molar-refractivity contribution is 0.159. The van der Waals surface area contributed by atoms with Crippen molar-refractivity contribution in [1.82, 2.24) is 10.2 Å². The van der Waals surface area contributed by atoms with Crippen molar-refractivity contribution in [2.45, 2.75) is 25.9 Å². The van der Waals surface area contributed by atoms with Gasteiger partial charge in [0.1, 0.15) is 0 Å². The topological polar surface area (TPSA) is 24.5 Å². The van der Waals surface area contributed by atoms with Crippen molar-refractivity contribution in [3.63, 3.8) is 0 Å². The first kappa shape index (κ1) is 13.0. The SMILES string of the molecule is COCCN1CC[C@H](NCc2ccc(C)s2)C1. The molecule has 0 aliphatic carbocycles. The Kier molecular flexibility index (Phi) is 4.98. The number of hydrogen-bond acceptors (Lipinski definition) is 4. The van der Waals surface area contributed by atoms with Gasteiger partial charge in [0.05, 0.1) is 6.61 Å². The second-order valence-corrected chi connectivity index (χ2v) is 6.04. The van der Waals surface area contributed by atoms with Crippen LogP contribution in [0.4, 0.5) is 0 Å². The average Bonchev–Trinajstić information content (AvgIpc) is 2.93. The van der Waals surface area contributed by atoms with Crippen molar-refractivity contribution < 1.29 is 4.74 Å². The summed E-state index contributed by atoms with van der Waals surface area (Å²) in [6.07, 6.45) is 1.26. The molecule has 2 heterocycles. The van der Waals surface area contributed by atoms with E-state index >= 15 is 0 Å². The minimum absolute atomic E-state index is 0.647. The largest absolute Gasteiger partial charge is 0.383 e. The zero-order valence-electron chi connectivity index (χ0n) is 10.7. The van der Waals surface area contributed by atoms with Crippen LogP contribution in [0.15, 0.2) is 12.1 Å². The summed E-state index contributed by atoms with van der Waals surface area (Å²) in [5, 5.41) is 3.65. The van der Waals surface area contributed by atoms with Crippen LogP contribution in [-0.4, -0.2) is 44.3 Å². The van der Waals surface area contributed by atoms with Crippen LogP contribution in [0.1, 0.15) is 16.2 Å². The lowest BCUT2D eigenvalue weighted by atomic mass is 10.2. The Morgan fingerprint density at radius 1 is 1.53 bits per heavy atom. The summed E-state index contributed by atoms with van der Waals surface area (Å²) >= 11 is 1.89. The number of rotatable bonds is 6. The second kappa shape index (κ2) is 6.50. The molecule has 0 bridgehead atoms. The third kappa shape index (κ3) is 4.07. The van der Waals surface area contributed by atoms with Gasteiger partial charge in [-0.25, -0.2) is 0 Å². The predicted molar refractivity (Wildman–Crippen MR) is 72.6 cm³/mol. The number of ether oxygens (including phenoxy) is 1. The van der Waals surface area contributed by atoms with E-state index in [1.807, 2.05) is 11.3 Å². The average molecular weight is 254 g/mol. The predicted octanol–water partition coefficient (Wildman–Crippen LogP) is 1.87. The molecule has 0 aromatic carbocycles. The van der Waals surface area contributed by atoms with E-state index in [-0.39, 0.29) is 0 Å². The summed E-state index contributed by atoms with van der Waals surface area (Å²) in [4.78, 5) is 5.31. The summed E-state index contributed by atoms with van der Waals surface area (Å²) < 4.78 is 5.11. The van der Waals surface area contributed by atoms with Crippen molar-refractivity contribution in [2.24, 2.45) is 0 Å². The molecule has 1 aliphatic heterocycles.